The van der Waals surface area contributed by atoms with Crippen LogP contribution in [-0.2, 0) is 16.8 Å². The van der Waals surface area contributed by atoms with Crippen molar-refractivity contribution in [2.75, 3.05) is 57.8 Å². The number of rotatable bonds is 2. The molecule has 0 radical (unpaired) electrons. The van der Waals surface area contributed by atoms with Gasteiger partial charge in [0.1, 0.15) is 11.5 Å². The standard InChI is InChI=1S/C22H29N5O3/c1-15-10-18(16(2)30-15)20(28)27-5-4-22(13-27)14-29-12-17-11-23-21(24-19(17)22)26-8-6-25(3)7-9-26/h10-11H,4-9,12-14H2,1-3H3/t22-/m1/s1. The van der Waals surface area contributed by atoms with Crippen molar-refractivity contribution < 1.29 is 13.9 Å². The Bertz CT molecular complexity index is 966. The average Bonchev–Trinajstić information content (AvgIpc) is 3.31. The number of ether oxygens (including phenoxy) is 1. The van der Waals surface area contributed by atoms with E-state index in [4.69, 9.17) is 14.1 Å². The first-order chi connectivity index (χ1) is 14.4. The summed E-state index contributed by atoms with van der Waals surface area (Å²) in [4.78, 5) is 29.3. The largest absolute Gasteiger partial charge is 0.466 e. The Morgan fingerprint density at radius 2 is 1.97 bits per heavy atom. The number of carbonyl (C=O) groups excluding carboxylic acids is 1. The van der Waals surface area contributed by atoms with Gasteiger partial charge in [-0.1, -0.05) is 0 Å². The quantitative estimate of drug-likeness (QED) is 0.745. The average molecular weight is 412 g/mol. The van der Waals surface area contributed by atoms with Gasteiger partial charge in [-0.3, -0.25) is 4.79 Å². The van der Waals surface area contributed by atoms with Crippen LogP contribution in [0.25, 0.3) is 0 Å². The van der Waals surface area contributed by atoms with Crippen LogP contribution in [-0.4, -0.2) is 78.6 Å². The van der Waals surface area contributed by atoms with Gasteiger partial charge < -0.3 is 23.9 Å². The first-order valence-electron chi connectivity index (χ1n) is 10.7. The Morgan fingerprint density at radius 3 is 2.70 bits per heavy atom. The van der Waals surface area contributed by atoms with Gasteiger partial charge in [0.2, 0.25) is 5.95 Å². The van der Waals surface area contributed by atoms with Crippen LogP contribution in [0.15, 0.2) is 16.7 Å². The van der Waals surface area contributed by atoms with Gasteiger partial charge in [0.05, 0.1) is 29.9 Å². The summed E-state index contributed by atoms with van der Waals surface area (Å²) in [7, 11) is 2.14. The van der Waals surface area contributed by atoms with Gasteiger partial charge in [0.25, 0.3) is 5.91 Å². The number of hydrogen-bond donors (Lipinski definition) is 0. The van der Waals surface area contributed by atoms with Crippen LogP contribution in [0.2, 0.25) is 0 Å². The molecule has 30 heavy (non-hydrogen) atoms. The maximum atomic E-state index is 13.1. The molecule has 2 aromatic heterocycles. The van der Waals surface area contributed by atoms with Crippen molar-refractivity contribution in [1.29, 1.82) is 0 Å². The van der Waals surface area contributed by atoms with Crippen LogP contribution in [0, 0.1) is 13.8 Å². The fraction of sp³-hybridized carbons (Fsp3) is 0.591. The number of piperazine rings is 1. The number of nitrogens with zero attached hydrogens (tertiary/aromatic N) is 5. The second-order valence-electron chi connectivity index (χ2n) is 8.91. The number of anilines is 1. The second-order valence-corrected chi connectivity index (χ2v) is 8.91. The Morgan fingerprint density at radius 1 is 1.17 bits per heavy atom. The predicted octanol–water partition coefficient (Wildman–Crippen LogP) is 1.75. The SMILES string of the molecule is Cc1cc(C(=O)N2CC[C@]3(COCc4cnc(N5CCN(C)CC5)nc43)C2)c(C)o1. The molecule has 1 amide bonds. The lowest BCUT2D eigenvalue weighted by atomic mass is 9.80. The zero-order chi connectivity index (χ0) is 20.9. The van der Waals surface area contributed by atoms with E-state index in [0.717, 1.165) is 55.6 Å². The summed E-state index contributed by atoms with van der Waals surface area (Å²) < 4.78 is 11.5. The molecule has 160 valence electrons. The zero-order valence-electron chi connectivity index (χ0n) is 18.0. The smallest absolute Gasteiger partial charge is 0.257 e. The van der Waals surface area contributed by atoms with Crippen LogP contribution >= 0.6 is 0 Å². The summed E-state index contributed by atoms with van der Waals surface area (Å²) in [6, 6.07) is 1.83. The van der Waals surface area contributed by atoms with Gasteiger partial charge in [-0.2, -0.15) is 0 Å². The molecule has 1 spiro atoms. The highest BCUT2D eigenvalue weighted by molar-refractivity contribution is 5.95. The predicted molar refractivity (Wildman–Crippen MR) is 112 cm³/mol. The maximum Gasteiger partial charge on any atom is 0.257 e. The van der Waals surface area contributed by atoms with Crippen molar-refractivity contribution in [3.63, 3.8) is 0 Å². The third-order valence-electron chi connectivity index (χ3n) is 6.69. The highest BCUT2D eigenvalue weighted by Gasteiger charge is 2.46. The molecule has 0 aliphatic carbocycles. The molecular formula is C22H29N5O3. The molecule has 3 aliphatic heterocycles. The molecule has 2 saturated heterocycles. The molecular weight excluding hydrogens is 382 g/mol. The molecule has 0 aromatic carbocycles. The van der Waals surface area contributed by atoms with Gasteiger partial charge in [-0.05, 0) is 33.4 Å². The Kier molecular flexibility index (Phi) is 4.78. The summed E-state index contributed by atoms with van der Waals surface area (Å²) in [6.07, 6.45) is 2.77. The van der Waals surface area contributed by atoms with E-state index >= 15 is 0 Å². The Balaban J connectivity index is 1.42. The van der Waals surface area contributed by atoms with E-state index in [0.29, 0.717) is 37.6 Å². The Labute approximate surface area is 176 Å². The number of amides is 1. The molecule has 8 nitrogen and oxygen atoms in total. The third-order valence-corrected chi connectivity index (χ3v) is 6.69. The van der Waals surface area contributed by atoms with Crippen LogP contribution < -0.4 is 4.90 Å². The van der Waals surface area contributed by atoms with Crippen LogP contribution in [0.1, 0.15) is 39.6 Å². The van der Waals surface area contributed by atoms with E-state index in [2.05, 4.69) is 21.8 Å². The molecule has 2 fully saturated rings. The Hall–Kier alpha value is -2.45. The van der Waals surface area contributed by atoms with Crippen LogP contribution in [0.3, 0.4) is 0 Å². The minimum Gasteiger partial charge on any atom is -0.466 e. The normalized spacial score (nSPS) is 24.5. The van der Waals surface area contributed by atoms with E-state index in [9.17, 15) is 4.79 Å². The fourth-order valence-electron chi connectivity index (χ4n) is 4.92. The number of furan rings is 1. The van der Waals surface area contributed by atoms with E-state index in [1.54, 1.807) is 0 Å². The molecule has 3 aliphatic rings. The molecule has 0 unspecified atom stereocenters. The highest BCUT2D eigenvalue weighted by atomic mass is 16.5. The fourth-order valence-corrected chi connectivity index (χ4v) is 4.92. The minimum atomic E-state index is -0.264. The van der Waals surface area contributed by atoms with Crippen molar-refractivity contribution in [1.82, 2.24) is 19.8 Å². The van der Waals surface area contributed by atoms with Crippen molar-refractivity contribution in [2.45, 2.75) is 32.3 Å². The maximum absolute atomic E-state index is 13.1. The molecule has 5 heterocycles. The number of likely N-dealkylation sites (N-methyl/N-ethyl adjacent to an activating group) is 1. The summed E-state index contributed by atoms with van der Waals surface area (Å²) in [5.41, 5.74) is 2.50. The lowest BCUT2D eigenvalue weighted by Gasteiger charge is -2.36. The van der Waals surface area contributed by atoms with E-state index in [1.807, 2.05) is 31.0 Å². The third kappa shape index (κ3) is 3.28. The monoisotopic (exact) mass is 411 g/mol. The van der Waals surface area contributed by atoms with Crippen molar-refractivity contribution in [2.24, 2.45) is 0 Å². The molecule has 0 N–H and O–H groups in total. The van der Waals surface area contributed by atoms with Crippen LogP contribution in [0.4, 0.5) is 5.95 Å². The first-order valence-corrected chi connectivity index (χ1v) is 10.7. The zero-order valence-corrected chi connectivity index (χ0v) is 18.0. The topological polar surface area (TPSA) is 74.9 Å². The van der Waals surface area contributed by atoms with E-state index in [1.165, 1.54) is 0 Å². The van der Waals surface area contributed by atoms with Gasteiger partial charge in [-0.25, -0.2) is 9.97 Å². The van der Waals surface area contributed by atoms with Crippen molar-refractivity contribution in [3.8, 4) is 0 Å². The van der Waals surface area contributed by atoms with Gasteiger partial charge in [0.15, 0.2) is 0 Å². The highest BCUT2D eigenvalue weighted by Crippen LogP contribution is 2.40. The number of aryl methyl sites for hydroxylation is 2. The van der Waals surface area contributed by atoms with Crippen molar-refractivity contribution >= 4 is 11.9 Å². The van der Waals surface area contributed by atoms with Crippen molar-refractivity contribution in [3.05, 3.63) is 40.6 Å². The number of fused-ring (bicyclic) bond motifs is 2. The number of hydrogen-bond acceptors (Lipinski definition) is 7. The van der Waals surface area contributed by atoms with Gasteiger partial charge in [0, 0.05) is 51.0 Å². The molecule has 2 aromatic rings. The first kappa shape index (κ1) is 19.5. The summed E-state index contributed by atoms with van der Waals surface area (Å²) >= 11 is 0. The number of likely N-dealkylation sites (tertiary alicyclic amines) is 1. The van der Waals surface area contributed by atoms with E-state index < -0.39 is 0 Å². The minimum absolute atomic E-state index is 0.0293. The summed E-state index contributed by atoms with van der Waals surface area (Å²) in [5, 5.41) is 0. The molecule has 1 atom stereocenters. The van der Waals surface area contributed by atoms with E-state index in [-0.39, 0.29) is 11.3 Å². The number of aromatic nitrogens is 2. The lowest BCUT2D eigenvalue weighted by molar-refractivity contribution is 0.0484. The molecule has 5 rings (SSSR count). The lowest BCUT2D eigenvalue weighted by Crippen LogP contribution is -2.46. The second kappa shape index (κ2) is 7.35. The molecule has 8 heteroatoms. The van der Waals surface area contributed by atoms with Gasteiger partial charge >= 0.3 is 0 Å². The summed E-state index contributed by atoms with van der Waals surface area (Å²) in [5.74, 6) is 2.27. The molecule has 0 saturated carbocycles. The van der Waals surface area contributed by atoms with Crippen LogP contribution in [0.5, 0.6) is 0 Å². The molecule has 0 bridgehead atoms. The summed E-state index contributed by atoms with van der Waals surface area (Å²) in [6.45, 7) is 10.0. The van der Waals surface area contributed by atoms with Gasteiger partial charge in [-0.15, -0.1) is 0 Å². The number of carbonyl (C=O) groups is 1.